The van der Waals surface area contributed by atoms with Crippen LogP contribution in [0.15, 0.2) is 39.8 Å². The lowest BCUT2D eigenvalue weighted by atomic mass is 10.2. The van der Waals surface area contributed by atoms with Gasteiger partial charge >= 0.3 is 0 Å². The van der Waals surface area contributed by atoms with Gasteiger partial charge in [0.25, 0.3) is 5.82 Å². The minimum atomic E-state index is -0.468. The van der Waals surface area contributed by atoms with Crippen molar-refractivity contribution >= 4 is 45.1 Å². The first-order valence-corrected chi connectivity index (χ1v) is 8.51. The molecule has 2 aromatic rings. The molecule has 0 saturated heterocycles. The van der Waals surface area contributed by atoms with Crippen LogP contribution in [0, 0.1) is 22.7 Å². The van der Waals surface area contributed by atoms with Crippen molar-refractivity contribution in [3.8, 4) is 12.1 Å². The Bertz CT molecular complexity index is 854. The number of H-pyrrole nitrogens is 1. The van der Waals surface area contributed by atoms with E-state index in [1.807, 2.05) is 24.3 Å². The Kier molecular flexibility index (Phi) is 5.80. The average Bonchev–Trinajstić information content (AvgIpc) is 2.57. The molecule has 1 atom stereocenters. The van der Waals surface area contributed by atoms with E-state index in [0.29, 0.717) is 10.7 Å². The van der Waals surface area contributed by atoms with Crippen LogP contribution in [-0.2, 0) is 4.79 Å². The van der Waals surface area contributed by atoms with Crippen molar-refractivity contribution in [3.05, 3.63) is 45.9 Å². The summed E-state index contributed by atoms with van der Waals surface area (Å²) in [6.45, 7) is 1.72. The standard InChI is InChI=1S/C16H12BrN5OS/c1-9(15(23)21-13-4-2-12(17)3-5-13)24-16-11(8-19)6-10(7-18)14(20)22-16/h2-6,9H,1H3,(H2,20,22)(H,21,23)/p+1/t9-/m1/s1. The first kappa shape index (κ1) is 17.8. The summed E-state index contributed by atoms with van der Waals surface area (Å²) >= 11 is 4.50. The van der Waals surface area contributed by atoms with Crippen molar-refractivity contribution in [1.82, 2.24) is 0 Å². The third-order valence-electron chi connectivity index (χ3n) is 3.09. The lowest BCUT2D eigenvalue weighted by Crippen LogP contribution is -2.25. The predicted octanol–water partition coefficient (Wildman–Crippen LogP) is 2.71. The van der Waals surface area contributed by atoms with Gasteiger partial charge < -0.3 is 5.32 Å². The third kappa shape index (κ3) is 4.25. The lowest BCUT2D eigenvalue weighted by molar-refractivity contribution is -0.410. The molecule has 0 spiro atoms. The molecule has 0 aliphatic heterocycles. The normalized spacial score (nSPS) is 11.2. The number of amides is 1. The largest absolute Gasteiger partial charge is 0.325 e. The van der Waals surface area contributed by atoms with E-state index in [4.69, 9.17) is 11.0 Å². The highest BCUT2D eigenvalue weighted by molar-refractivity contribution is 9.10. The maximum atomic E-state index is 12.3. The van der Waals surface area contributed by atoms with E-state index in [1.165, 1.54) is 17.8 Å². The van der Waals surface area contributed by atoms with Gasteiger partial charge in [-0.25, -0.2) is 4.98 Å². The minimum absolute atomic E-state index is 0.166. The summed E-state index contributed by atoms with van der Waals surface area (Å²) in [7, 11) is 0. The Morgan fingerprint density at radius 3 is 2.50 bits per heavy atom. The monoisotopic (exact) mass is 402 g/mol. The molecule has 1 heterocycles. The highest BCUT2D eigenvalue weighted by Gasteiger charge is 2.21. The number of nitrogens with two attached hydrogens (primary N) is 1. The number of nitrogens with one attached hydrogen (secondary N) is 2. The van der Waals surface area contributed by atoms with Crippen molar-refractivity contribution in [2.45, 2.75) is 17.2 Å². The third-order valence-corrected chi connectivity index (χ3v) is 4.74. The van der Waals surface area contributed by atoms with Crippen molar-refractivity contribution in [2.75, 3.05) is 11.1 Å². The van der Waals surface area contributed by atoms with E-state index < -0.39 is 5.25 Å². The zero-order valence-electron chi connectivity index (χ0n) is 12.6. The lowest BCUT2D eigenvalue weighted by Gasteiger charge is -2.11. The Labute approximate surface area is 151 Å². The van der Waals surface area contributed by atoms with E-state index in [2.05, 4.69) is 26.2 Å². The fraction of sp³-hybridized carbons (Fsp3) is 0.125. The molecular weight excluding hydrogens is 390 g/mol. The second kappa shape index (κ2) is 7.82. The number of aromatic nitrogens is 1. The van der Waals surface area contributed by atoms with Crippen LogP contribution < -0.4 is 16.0 Å². The summed E-state index contributed by atoms with van der Waals surface area (Å²) in [5, 5.41) is 20.9. The molecular formula is C16H13BrN5OS+. The Morgan fingerprint density at radius 2 is 1.92 bits per heavy atom. The number of pyridine rings is 1. The number of halogens is 1. The van der Waals surface area contributed by atoms with Gasteiger partial charge in [-0.2, -0.15) is 10.5 Å². The van der Waals surface area contributed by atoms with Gasteiger partial charge in [0.05, 0.1) is 5.25 Å². The molecule has 6 nitrogen and oxygen atoms in total. The SMILES string of the molecule is C[C@@H](Sc1[nH+]c(N)c(C#N)cc1C#N)C(=O)Nc1ccc(Br)cc1. The van der Waals surface area contributed by atoms with Crippen molar-refractivity contribution < 1.29 is 9.78 Å². The molecule has 0 fully saturated rings. The predicted molar refractivity (Wildman–Crippen MR) is 94.9 cm³/mol. The molecule has 2 rings (SSSR count). The van der Waals surface area contributed by atoms with Crippen LogP contribution in [0.2, 0.25) is 0 Å². The maximum Gasteiger partial charge on any atom is 0.289 e. The molecule has 0 saturated carbocycles. The van der Waals surface area contributed by atoms with Gasteiger partial charge in [0, 0.05) is 10.2 Å². The summed E-state index contributed by atoms with van der Waals surface area (Å²) in [5.41, 5.74) is 6.89. The number of hydrogen-bond acceptors (Lipinski definition) is 5. The first-order valence-electron chi connectivity index (χ1n) is 6.83. The van der Waals surface area contributed by atoms with Gasteiger partial charge in [0.2, 0.25) is 5.91 Å². The van der Waals surface area contributed by atoms with Crippen molar-refractivity contribution in [1.29, 1.82) is 10.5 Å². The highest BCUT2D eigenvalue weighted by Crippen LogP contribution is 2.25. The van der Waals surface area contributed by atoms with Gasteiger partial charge in [-0.05, 0) is 37.3 Å². The summed E-state index contributed by atoms with van der Waals surface area (Å²) in [5.74, 6) is -0.0398. The number of nitrogens with zero attached hydrogens (tertiary/aromatic N) is 2. The summed E-state index contributed by atoms with van der Waals surface area (Å²) in [6.07, 6.45) is 0. The van der Waals surface area contributed by atoms with E-state index >= 15 is 0 Å². The van der Waals surface area contributed by atoms with Gasteiger partial charge in [0.1, 0.15) is 23.3 Å². The number of hydrogen-bond donors (Lipinski definition) is 2. The topological polar surface area (TPSA) is 117 Å². The van der Waals surface area contributed by atoms with Crippen molar-refractivity contribution in [3.63, 3.8) is 0 Å². The van der Waals surface area contributed by atoms with Gasteiger partial charge in [0.15, 0.2) is 5.03 Å². The van der Waals surface area contributed by atoms with E-state index in [1.54, 1.807) is 19.1 Å². The van der Waals surface area contributed by atoms with Crippen LogP contribution >= 0.6 is 27.7 Å². The van der Waals surface area contributed by atoms with Gasteiger partial charge in [-0.1, -0.05) is 27.7 Å². The molecule has 0 radical (unpaired) electrons. The zero-order chi connectivity index (χ0) is 17.7. The molecule has 120 valence electrons. The molecule has 4 N–H and O–H groups in total. The molecule has 1 amide bonds. The second-order valence-electron chi connectivity index (χ2n) is 4.82. The minimum Gasteiger partial charge on any atom is -0.325 e. The Hall–Kier alpha value is -2.55. The quantitative estimate of drug-likeness (QED) is 0.762. The number of thioether (sulfide) groups is 1. The first-order chi connectivity index (χ1) is 11.4. The maximum absolute atomic E-state index is 12.3. The summed E-state index contributed by atoms with van der Waals surface area (Å²) in [4.78, 5) is 15.1. The number of anilines is 2. The Balaban J connectivity index is 2.14. The van der Waals surface area contributed by atoms with E-state index in [0.717, 1.165) is 4.47 Å². The number of benzene rings is 1. The Morgan fingerprint density at radius 1 is 1.29 bits per heavy atom. The number of rotatable bonds is 4. The summed E-state index contributed by atoms with van der Waals surface area (Å²) < 4.78 is 0.921. The molecule has 0 aliphatic carbocycles. The van der Waals surface area contributed by atoms with E-state index in [9.17, 15) is 10.1 Å². The van der Waals surface area contributed by atoms with Crippen LogP contribution in [0.1, 0.15) is 18.1 Å². The number of carbonyl (C=O) groups is 1. The number of nitriles is 2. The molecule has 1 aromatic carbocycles. The van der Waals surface area contributed by atoms with Crippen LogP contribution in [0.4, 0.5) is 11.5 Å². The molecule has 1 aromatic heterocycles. The summed E-state index contributed by atoms with van der Waals surface area (Å²) in [6, 6.07) is 12.5. The molecule has 24 heavy (non-hydrogen) atoms. The van der Waals surface area contributed by atoms with Crippen LogP contribution in [0.3, 0.4) is 0 Å². The average molecular weight is 403 g/mol. The molecule has 0 bridgehead atoms. The number of nitrogen functional groups attached to an aromatic ring is 1. The smallest absolute Gasteiger partial charge is 0.289 e. The molecule has 8 heteroatoms. The van der Waals surface area contributed by atoms with Crippen LogP contribution in [0.5, 0.6) is 0 Å². The van der Waals surface area contributed by atoms with Crippen LogP contribution in [0.25, 0.3) is 0 Å². The number of carbonyl (C=O) groups excluding carboxylic acids is 1. The molecule has 0 aliphatic rings. The fourth-order valence-electron chi connectivity index (χ4n) is 1.82. The van der Waals surface area contributed by atoms with Gasteiger partial charge in [-0.15, -0.1) is 0 Å². The van der Waals surface area contributed by atoms with Gasteiger partial charge in [-0.3, -0.25) is 10.5 Å². The van der Waals surface area contributed by atoms with Crippen LogP contribution in [-0.4, -0.2) is 11.2 Å². The van der Waals surface area contributed by atoms with E-state index in [-0.39, 0.29) is 22.9 Å². The molecule has 0 unspecified atom stereocenters. The van der Waals surface area contributed by atoms with Crippen molar-refractivity contribution in [2.24, 2.45) is 0 Å². The zero-order valence-corrected chi connectivity index (χ0v) is 15.0. The second-order valence-corrected chi connectivity index (χ2v) is 7.09. The highest BCUT2D eigenvalue weighted by atomic mass is 79.9. The number of aromatic amines is 1. The fourth-order valence-corrected chi connectivity index (χ4v) is 3.00.